The van der Waals surface area contributed by atoms with Crippen LogP contribution in [-0.2, 0) is 0 Å². The summed E-state index contributed by atoms with van der Waals surface area (Å²) in [6.07, 6.45) is 1.66. The van der Waals surface area contributed by atoms with E-state index in [2.05, 4.69) is 39.3 Å². The molecule has 1 amide bonds. The largest absolute Gasteiger partial charge is 0.349 e. The third-order valence-electron chi connectivity index (χ3n) is 4.78. The Labute approximate surface area is 148 Å². The van der Waals surface area contributed by atoms with Crippen molar-refractivity contribution in [2.45, 2.75) is 19.9 Å². The van der Waals surface area contributed by atoms with Crippen molar-refractivity contribution >= 4 is 5.91 Å². The number of hydrogen-bond donors (Lipinski definition) is 1. The third kappa shape index (κ3) is 4.43. The standard InChI is InChI=1S/C18H26N6O/c1-3-22-9-11-23(12-10-22)15(2)13-19-18(25)17-14-24(21-20-17)16-7-5-4-6-8-16/h4-8,14-15H,3,9-13H2,1-2H3,(H,19,25)/t15-/m0/s1. The van der Waals surface area contributed by atoms with Crippen LogP contribution in [0.5, 0.6) is 0 Å². The van der Waals surface area contributed by atoms with Crippen LogP contribution in [0.4, 0.5) is 0 Å². The number of nitrogens with one attached hydrogen (secondary N) is 1. The molecule has 1 atom stereocenters. The lowest BCUT2D eigenvalue weighted by Gasteiger charge is -2.37. The average Bonchev–Trinajstić information content (AvgIpc) is 3.17. The van der Waals surface area contributed by atoms with Gasteiger partial charge in [-0.2, -0.15) is 0 Å². The number of aromatic nitrogens is 3. The lowest BCUT2D eigenvalue weighted by molar-refractivity contribution is 0.0879. The van der Waals surface area contributed by atoms with Gasteiger partial charge < -0.3 is 10.2 Å². The van der Waals surface area contributed by atoms with Gasteiger partial charge >= 0.3 is 0 Å². The van der Waals surface area contributed by atoms with E-state index in [0.717, 1.165) is 38.4 Å². The van der Waals surface area contributed by atoms with Crippen LogP contribution in [0.3, 0.4) is 0 Å². The van der Waals surface area contributed by atoms with Gasteiger partial charge in [0.2, 0.25) is 0 Å². The summed E-state index contributed by atoms with van der Waals surface area (Å²) in [7, 11) is 0. The van der Waals surface area contributed by atoms with Crippen molar-refractivity contribution in [3.63, 3.8) is 0 Å². The maximum atomic E-state index is 12.3. The van der Waals surface area contributed by atoms with Crippen LogP contribution in [0.2, 0.25) is 0 Å². The van der Waals surface area contributed by atoms with E-state index in [1.54, 1.807) is 10.9 Å². The first-order valence-corrected chi connectivity index (χ1v) is 8.89. The molecule has 1 aromatic carbocycles. The molecule has 3 rings (SSSR count). The molecule has 2 heterocycles. The predicted molar refractivity (Wildman–Crippen MR) is 96.8 cm³/mol. The van der Waals surface area contributed by atoms with Crippen LogP contribution in [0, 0.1) is 0 Å². The Kier molecular flexibility index (Phi) is 5.78. The van der Waals surface area contributed by atoms with Crippen LogP contribution in [-0.4, -0.2) is 76.0 Å². The number of piperazine rings is 1. The highest BCUT2D eigenvalue weighted by Crippen LogP contribution is 2.07. The minimum atomic E-state index is -0.179. The quantitative estimate of drug-likeness (QED) is 0.849. The molecule has 7 heteroatoms. The maximum Gasteiger partial charge on any atom is 0.273 e. The Morgan fingerprint density at radius 3 is 2.60 bits per heavy atom. The van der Waals surface area contributed by atoms with Gasteiger partial charge in [-0.3, -0.25) is 9.69 Å². The van der Waals surface area contributed by atoms with E-state index >= 15 is 0 Å². The molecule has 0 aliphatic carbocycles. The van der Waals surface area contributed by atoms with Gasteiger partial charge in [0.05, 0.1) is 11.9 Å². The second kappa shape index (κ2) is 8.22. The summed E-state index contributed by atoms with van der Waals surface area (Å²) < 4.78 is 1.61. The highest BCUT2D eigenvalue weighted by atomic mass is 16.2. The highest BCUT2D eigenvalue weighted by Gasteiger charge is 2.21. The van der Waals surface area contributed by atoms with Crippen molar-refractivity contribution in [1.82, 2.24) is 30.1 Å². The fourth-order valence-electron chi connectivity index (χ4n) is 3.06. The molecule has 0 spiro atoms. The molecule has 7 nitrogen and oxygen atoms in total. The molecule has 1 aliphatic rings. The fourth-order valence-corrected chi connectivity index (χ4v) is 3.06. The summed E-state index contributed by atoms with van der Waals surface area (Å²) in [5.41, 5.74) is 1.23. The average molecular weight is 342 g/mol. The molecule has 1 fully saturated rings. The first-order chi connectivity index (χ1) is 12.2. The van der Waals surface area contributed by atoms with Crippen molar-refractivity contribution in [2.75, 3.05) is 39.3 Å². The molecule has 0 bridgehead atoms. The van der Waals surface area contributed by atoms with Crippen LogP contribution >= 0.6 is 0 Å². The van der Waals surface area contributed by atoms with E-state index in [4.69, 9.17) is 0 Å². The van der Waals surface area contributed by atoms with Crippen molar-refractivity contribution < 1.29 is 4.79 Å². The van der Waals surface area contributed by atoms with Crippen molar-refractivity contribution in [2.24, 2.45) is 0 Å². The van der Waals surface area contributed by atoms with Gasteiger partial charge in [-0.05, 0) is 25.6 Å². The molecule has 0 unspecified atom stereocenters. The first kappa shape index (κ1) is 17.6. The van der Waals surface area contributed by atoms with Gasteiger partial charge in [0.1, 0.15) is 0 Å². The zero-order valence-corrected chi connectivity index (χ0v) is 14.9. The number of nitrogens with zero attached hydrogens (tertiary/aromatic N) is 5. The van der Waals surface area contributed by atoms with E-state index in [0.29, 0.717) is 18.3 Å². The molecule has 1 saturated heterocycles. The van der Waals surface area contributed by atoms with Gasteiger partial charge in [0, 0.05) is 38.8 Å². The molecule has 25 heavy (non-hydrogen) atoms. The van der Waals surface area contributed by atoms with Crippen LogP contribution < -0.4 is 5.32 Å². The molecule has 1 N–H and O–H groups in total. The van der Waals surface area contributed by atoms with E-state index in [1.807, 2.05) is 30.3 Å². The van der Waals surface area contributed by atoms with Crippen molar-refractivity contribution in [3.05, 3.63) is 42.2 Å². The summed E-state index contributed by atoms with van der Waals surface area (Å²) in [5, 5.41) is 11.0. The van der Waals surface area contributed by atoms with Crippen LogP contribution in [0.15, 0.2) is 36.5 Å². The van der Waals surface area contributed by atoms with E-state index in [1.165, 1.54) is 0 Å². The monoisotopic (exact) mass is 342 g/mol. The SMILES string of the molecule is CCN1CCN([C@@H](C)CNC(=O)c2cn(-c3ccccc3)nn2)CC1. The maximum absolute atomic E-state index is 12.3. The lowest BCUT2D eigenvalue weighted by Crippen LogP contribution is -2.52. The second-order valence-corrected chi connectivity index (χ2v) is 6.41. The Morgan fingerprint density at radius 1 is 1.20 bits per heavy atom. The molecule has 1 aromatic heterocycles. The van der Waals surface area contributed by atoms with E-state index < -0.39 is 0 Å². The smallest absolute Gasteiger partial charge is 0.273 e. The third-order valence-corrected chi connectivity index (χ3v) is 4.78. The number of rotatable bonds is 6. The number of para-hydroxylation sites is 1. The molecular formula is C18H26N6O. The fraction of sp³-hybridized carbons (Fsp3) is 0.500. The predicted octanol–water partition coefficient (Wildman–Crippen LogP) is 1.02. The number of benzene rings is 1. The number of hydrogen-bond acceptors (Lipinski definition) is 5. The highest BCUT2D eigenvalue weighted by molar-refractivity contribution is 5.91. The summed E-state index contributed by atoms with van der Waals surface area (Å²) in [6.45, 7) is 10.4. The molecule has 0 radical (unpaired) electrons. The Bertz CT molecular complexity index is 678. The topological polar surface area (TPSA) is 66.3 Å². The number of likely N-dealkylation sites (N-methyl/N-ethyl adjacent to an activating group) is 1. The number of carbonyl (C=O) groups excluding carboxylic acids is 1. The zero-order chi connectivity index (χ0) is 17.6. The second-order valence-electron chi connectivity index (χ2n) is 6.41. The minimum absolute atomic E-state index is 0.179. The minimum Gasteiger partial charge on any atom is -0.349 e. The zero-order valence-electron chi connectivity index (χ0n) is 14.9. The molecule has 1 aliphatic heterocycles. The Morgan fingerprint density at radius 2 is 1.92 bits per heavy atom. The van der Waals surface area contributed by atoms with Crippen molar-refractivity contribution in [3.8, 4) is 5.69 Å². The first-order valence-electron chi connectivity index (χ1n) is 8.89. The Hall–Kier alpha value is -2.25. The summed E-state index contributed by atoms with van der Waals surface area (Å²) >= 11 is 0. The lowest BCUT2D eigenvalue weighted by atomic mass is 10.2. The molecular weight excluding hydrogens is 316 g/mol. The van der Waals surface area contributed by atoms with E-state index in [9.17, 15) is 4.79 Å². The summed E-state index contributed by atoms with van der Waals surface area (Å²) in [6, 6.07) is 9.96. The Balaban J connectivity index is 1.50. The summed E-state index contributed by atoms with van der Waals surface area (Å²) in [4.78, 5) is 17.2. The van der Waals surface area contributed by atoms with Crippen molar-refractivity contribution in [1.29, 1.82) is 0 Å². The summed E-state index contributed by atoms with van der Waals surface area (Å²) in [5.74, 6) is -0.179. The van der Waals surface area contributed by atoms with Gasteiger partial charge in [0.25, 0.3) is 5.91 Å². The van der Waals surface area contributed by atoms with Crippen LogP contribution in [0.1, 0.15) is 24.3 Å². The molecule has 2 aromatic rings. The number of carbonyl (C=O) groups is 1. The molecule has 134 valence electrons. The molecule has 0 saturated carbocycles. The van der Waals surface area contributed by atoms with Gasteiger partial charge in [0.15, 0.2) is 5.69 Å². The van der Waals surface area contributed by atoms with Gasteiger partial charge in [-0.1, -0.05) is 30.3 Å². The van der Waals surface area contributed by atoms with Gasteiger partial charge in [-0.25, -0.2) is 4.68 Å². The normalized spacial score (nSPS) is 17.4. The number of amides is 1. The van der Waals surface area contributed by atoms with Crippen LogP contribution in [0.25, 0.3) is 5.69 Å². The van der Waals surface area contributed by atoms with E-state index in [-0.39, 0.29) is 5.91 Å². The van der Waals surface area contributed by atoms with Gasteiger partial charge in [-0.15, -0.1) is 5.10 Å².